The maximum absolute atomic E-state index is 17.4. The second-order valence-corrected chi connectivity index (χ2v) is 15.8. The van der Waals surface area contributed by atoms with Gasteiger partial charge in [-0.1, -0.05) is 41.6 Å². The lowest BCUT2D eigenvalue weighted by atomic mass is 9.96. The van der Waals surface area contributed by atoms with Gasteiger partial charge in [-0.15, -0.1) is 17.9 Å². The number of anilines is 3. The highest BCUT2D eigenvalue weighted by Gasteiger charge is 2.31. The van der Waals surface area contributed by atoms with Gasteiger partial charge in [0.25, 0.3) is 0 Å². The van der Waals surface area contributed by atoms with Gasteiger partial charge < -0.3 is 30.0 Å². The Balaban J connectivity index is 1.56. The van der Waals surface area contributed by atoms with Crippen molar-refractivity contribution >= 4 is 78.4 Å². The van der Waals surface area contributed by atoms with E-state index in [0.29, 0.717) is 18.6 Å². The van der Waals surface area contributed by atoms with Crippen LogP contribution in [0.15, 0.2) is 48.3 Å². The summed E-state index contributed by atoms with van der Waals surface area (Å²) in [5, 5.41) is 16.5. The Kier molecular flexibility index (Phi) is 12.8. The number of pyridine rings is 1. The Labute approximate surface area is 335 Å². The average Bonchev–Trinajstić information content (AvgIpc) is 3.53. The van der Waals surface area contributed by atoms with E-state index in [-0.39, 0.29) is 83.5 Å². The number of aromatic nitrogens is 3. The van der Waals surface area contributed by atoms with E-state index in [4.69, 9.17) is 41.3 Å². The third kappa shape index (κ3) is 8.77. The van der Waals surface area contributed by atoms with Gasteiger partial charge in [0.05, 0.1) is 33.3 Å². The van der Waals surface area contributed by atoms with E-state index in [0.717, 1.165) is 36.7 Å². The monoisotopic (exact) mass is 823 g/mol. The SMILES string of the molecule is C=CC[C@@H](Nc1nc(SC)nc2c(F)c(-c3ccc(F)c4sc(NC(=O)OC(C)(C)C)c(C#N)c34)c(Cl)c(OCCO[C@@H]3CCCCO3)c12)c1cccnc1N. The molecule has 0 spiro atoms. The first-order chi connectivity index (χ1) is 26.8. The molecule has 12 nitrogen and oxygen atoms in total. The molecule has 2 aromatic carbocycles. The number of nitrogen functional groups attached to an aromatic ring is 1. The minimum absolute atomic E-state index is 0.0104. The largest absolute Gasteiger partial charge is 0.489 e. The summed E-state index contributed by atoms with van der Waals surface area (Å²) in [6.07, 6.45) is 6.83. The highest BCUT2D eigenvalue weighted by atomic mass is 35.5. The summed E-state index contributed by atoms with van der Waals surface area (Å²) in [5.74, 6) is -1.09. The molecule has 5 aromatic rings. The van der Waals surface area contributed by atoms with Crippen molar-refractivity contribution in [1.29, 1.82) is 5.26 Å². The van der Waals surface area contributed by atoms with Crippen LogP contribution in [-0.2, 0) is 14.2 Å². The van der Waals surface area contributed by atoms with Gasteiger partial charge in [-0.05, 0) is 70.4 Å². The summed E-state index contributed by atoms with van der Waals surface area (Å²) < 4.78 is 56.4. The molecule has 4 N–H and O–H groups in total. The van der Waals surface area contributed by atoms with Crippen molar-refractivity contribution < 1.29 is 32.5 Å². The van der Waals surface area contributed by atoms with Crippen LogP contribution in [-0.4, -0.2) is 59.0 Å². The molecule has 1 fully saturated rings. The minimum atomic E-state index is -0.879. The summed E-state index contributed by atoms with van der Waals surface area (Å²) in [6, 6.07) is 7.58. The van der Waals surface area contributed by atoms with Gasteiger partial charge in [-0.25, -0.2) is 28.5 Å². The maximum atomic E-state index is 17.4. The lowest BCUT2D eigenvalue weighted by Crippen LogP contribution is -2.27. The van der Waals surface area contributed by atoms with Crippen LogP contribution < -0.4 is 21.1 Å². The number of hydrogen-bond donors (Lipinski definition) is 3. The van der Waals surface area contributed by atoms with E-state index in [1.807, 2.05) is 6.07 Å². The highest BCUT2D eigenvalue weighted by molar-refractivity contribution is 7.98. The molecular weight excluding hydrogens is 784 g/mol. The number of ether oxygens (including phenoxy) is 4. The van der Waals surface area contributed by atoms with Crippen molar-refractivity contribution in [3.63, 3.8) is 0 Å². The standard InChI is InChI=1S/C39H40ClF2N7O5S2/c1-6-10-24(20-11-9-15-45-34(20)44)46-35-28-31(47-37(48-35)55-5)30(42)27(29(40)32(28)53-18-17-52-25-12-7-8-16-51-25)21-13-14-23(41)33-26(21)22(19-43)36(56-33)49-38(50)54-39(2,3)4/h6,9,11,13-15,24-25H,1,7-8,10,12,16-18H2,2-5H3,(H2,44,45)(H,49,50)(H,46,47,48)/t24-,25-/m1/s1. The first kappa shape index (κ1) is 40.9. The van der Waals surface area contributed by atoms with E-state index in [9.17, 15) is 10.1 Å². The molecule has 6 rings (SSSR count). The number of amides is 1. The number of halogens is 3. The van der Waals surface area contributed by atoms with Gasteiger partial charge in [-0.2, -0.15) is 5.26 Å². The fourth-order valence-corrected chi connectivity index (χ4v) is 8.04. The van der Waals surface area contributed by atoms with E-state index in [1.165, 1.54) is 17.8 Å². The number of thioether (sulfide) groups is 1. The highest BCUT2D eigenvalue weighted by Crippen LogP contribution is 2.50. The Morgan fingerprint density at radius 3 is 2.73 bits per heavy atom. The fraction of sp³-hybridized carbons (Fsp3) is 0.359. The Morgan fingerprint density at radius 2 is 2.05 bits per heavy atom. The summed E-state index contributed by atoms with van der Waals surface area (Å²) in [4.78, 5) is 26.3. The molecule has 1 saturated heterocycles. The van der Waals surface area contributed by atoms with Crippen LogP contribution in [0.5, 0.6) is 5.75 Å². The molecular formula is C39H40ClF2N7O5S2. The molecule has 0 aliphatic carbocycles. The number of rotatable bonds is 13. The molecule has 1 aliphatic heterocycles. The third-order valence-corrected chi connectivity index (χ3v) is 10.7. The van der Waals surface area contributed by atoms with E-state index in [2.05, 4.69) is 33.2 Å². The van der Waals surface area contributed by atoms with Gasteiger partial charge in [0.2, 0.25) is 0 Å². The Hall–Kier alpha value is -4.79. The number of carbonyl (C=O) groups excluding carboxylic acids is 1. The zero-order valence-electron chi connectivity index (χ0n) is 31.1. The molecule has 0 saturated carbocycles. The van der Waals surface area contributed by atoms with Gasteiger partial charge in [-0.3, -0.25) is 5.32 Å². The van der Waals surface area contributed by atoms with Crippen LogP contribution in [0, 0.1) is 23.0 Å². The zero-order valence-corrected chi connectivity index (χ0v) is 33.5. The number of carbonyl (C=O) groups is 1. The molecule has 0 radical (unpaired) electrons. The lowest BCUT2D eigenvalue weighted by Gasteiger charge is -2.24. The number of benzene rings is 2. The average molecular weight is 824 g/mol. The summed E-state index contributed by atoms with van der Waals surface area (Å²) in [7, 11) is 0. The number of nitrogens with two attached hydrogens (primary N) is 1. The normalized spacial score (nSPS) is 15.0. The molecule has 17 heteroatoms. The molecule has 1 amide bonds. The predicted molar refractivity (Wildman–Crippen MR) is 217 cm³/mol. The van der Waals surface area contributed by atoms with Crippen molar-refractivity contribution in [2.24, 2.45) is 0 Å². The van der Waals surface area contributed by atoms with Crippen LogP contribution in [0.25, 0.3) is 32.1 Å². The second-order valence-electron chi connectivity index (χ2n) is 13.7. The molecule has 2 atom stereocenters. The first-order valence-electron chi connectivity index (χ1n) is 17.7. The van der Waals surface area contributed by atoms with Crippen molar-refractivity contribution in [2.45, 2.75) is 69.5 Å². The Morgan fingerprint density at radius 1 is 1.25 bits per heavy atom. The van der Waals surface area contributed by atoms with E-state index in [1.54, 1.807) is 45.4 Å². The summed E-state index contributed by atoms with van der Waals surface area (Å²) >= 11 is 9.20. The number of nitriles is 1. The van der Waals surface area contributed by atoms with Gasteiger partial charge >= 0.3 is 6.09 Å². The van der Waals surface area contributed by atoms with Crippen molar-refractivity contribution in [2.75, 3.05) is 42.4 Å². The second kappa shape index (κ2) is 17.6. The number of fused-ring (bicyclic) bond motifs is 2. The van der Waals surface area contributed by atoms with Crippen molar-refractivity contribution in [3.05, 3.63) is 70.9 Å². The molecule has 0 bridgehead atoms. The van der Waals surface area contributed by atoms with Crippen molar-refractivity contribution in [3.8, 4) is 22.9 Å². The maximum Gasteiger partial charge on any atom is 0.412 e. The summed E-state index contributed by atoms with van der Waals surface area (Å²) in [5.41, 5.74) is 5.68. The molecule has 1 aliphatic rings. The number of thiophene rings is 1. The zero-order chi connectivity index (χ0) is 40.1. The first-order valence-corrected chi connectivity index (χ1v) is 20.1. The van der Waals surface area contributed by atoms with Crippen molar-refractivity contribution in [1.82, 2.24) is 15.0 Å². The Bertz CT molecular complexity index is 2330. The number of nitrogens with zero attached hydrogens (tertiary/aromatic N) is 4. The van der Waals surface area contributed by atoms with E-state index >= 15 is 8.78 Å². The minimum Gasteiger partial charge on any atom is -0.489 e. The topological polar surface area (TPSA) is 167 Å². The van der Waals surface area contributed by atoms with E-state index < -0.39 is 35.7 Å². The van der Waals surface area contributed by atoms with Crippen LogP contribution in [0.4, 0.5) is 30.2 Å². The third-order valence-electron chi connectivity index (χ3n) is 8.66. The predicted octanol–water partition coefficient (Wildman–Crippen LogP) is 10.0. The smallest absolute Gasteiger partial charge is 0.412 e. The number of nitrogens with one attached hydrogen (secondary N) is 2. The molecule has 294 valence electrons. The van der Waals surface area contributed by atoms with Crippen LogP contribution >= 0.6 is 34.7 Å². The van der Waals surface area contributed by atoms with Gasteiger partial charge in [0.1, 0.15) is 46.2 Å². The van der Waals surface area contributed by atoms with Gasteiger partial charge in [0.15, 0.2) is 23.0 Å². The molecule has 56 heavy (non-hydrogen) atoms. The van der Waals surface area contributed by atoms with Crippen LogP contribution in [0.3, 0.4) is 0 Å². The fourth-order valence-electron chi connectivity index (χ4n) is 6.28. The van der Waals surface area contributed by atoms with Gasteiger partial charge in [0, 0.05) is 29.3 Å². The van der Waals surface area contributed by atoms with Crippen LogP contribution in [0.2, 0.25) is 5.02 Å². The molecule has 3 aromatic heterocycles. The molecule has 0 unspecified atom stereocenters. The summed E-state index contributed by atoms with van der Waals surface area (Å²) in [6.45, 7) is 9.62. The lowest BCUT2D eigenvalue weighted by molar-refractivity contribution is -0.165. The number of hydrogen-bond acceptors (Lipinski definition) is 13. The van der Waals surface area contributed by atoms with Crippen LogP contribution in [0.1, 0.15) is 63.6 Å². The molecule has 4 heterocycles. The quantitative estimate of drug-likeness (QED) is 0.0446.